The number of carbonyl (C=O) groups excluding carboxylic acids is 1. The second-order valence-electron chi connectivity index (χ2n) is 8.51. The molecule has 0 unspecified atom stereocenters. The van der Waals surface area contributed by atoms with Crippen molar-refractivity contribution in [2.24, 2.45) is 0 Å². The van der Waals surface area contributed by atoms with Gasteiger partial charge in [0.05, 0.1) is 14.2 Å². The van der Waals surface area contributed by atoms with Crippen LogP contribution in [0.15, 0.2) is 60.7 Å². The van der Waals surface area contributed by atoms with Crippen LogP contribution in [-0.2, 0) is 13.0 Å². The molecule has 0 aliphatic carbocycles. The molecule has 36 heavy (non-hydrogen) atoms. The molecule has 0 fully saturated rings. The summed E-state index contributed by atoms with van der Waals surface area (Å²) in [6.07, 6.45) is -4.02. The Morgan fingerprint density at radius 3 is 2.22 bits per heavy atom. The molecular weight excluding hydrogens is 473 g/mol. The molecule has 0 bridgehead atoms. The second-order valence-corrected chi connectivity index (χ2v) is 8.51. The third-order valence-electron chi connectivity index (χ3n) is 6.28. The highest BCUT2D eigenvalue weighted by molar-refractivity contribution is 5.99. The lowest BCUT2D eigenvalue weighted by molar-refractivity contribution is -0.274. The van der Waals surface area contributed by atoms with Gasteiger partial charge in [0, 0.05) is 24.0 Å². The van der Waals surface area contributed by atoms with E-state index in [0.717, 1.165) is 33.2 Å². The van der Waals surface area contributed by atoms with Crippen molar-refractivity contribution in [2.45, 2.75) is 19.3 Å². The maximum absolute atomic E-state index is 13.3. The van der Waals surface area contributed by atoms with Crippen LogP contribution in [0.5, 0.6) is 17.2 Å². The molecule has 2 heterocycles. The molecule has 0 saturated carbocycles. The van der Waals surface area contributed by atoms with Gasteiger partial charge in [-0.3, -0.25) is 4.79 Å². The molecule has 1 aliphatic heterocycles. The number of rotatable bonds is 5. The molecule has 1 aliphatic rings. The molecule has 5 rings (SSSR count). The zero-order valence-corrected chi connectivity index (χ0v) is 19.6. The molecule has 1 amide bonds. The molecule has 0 saturated heterocycles. The number of nitrogens with zero attached hydrogens (tertiary/aromatic N) is 1. The van der Waals surface area contributed by atoms with Gasteiger partial charge < -0.3 is 24.1 Å². The first kappa shape index (κ1) is 23.6. The van der Waals surface area contributed by atoms with Crippen molar-refractivity contribution in [3.8, 4) is 28.4 Å². The van der Waals surface area contributed by atoms with E-state index in [2.05, 4.69) is 9.72 Å². The van der Waals surface area contributed by atoms with Crippen LogP contribution in [-0.4, -0.2) is 42.9 Å². The Balaban J connectivity index is 1.36. The zero-order chi connectivity index (χ0) is 25.4. The van der Waals surface area contributed by atoms with Crippen LogP contribution in [0.25, 0.3) is 22.0 Å². The first-order valence-electron chi connectivity index (χ1n) is 11.3. The Labute approximate surface area is 205 Å². The summed E-state index contributed by atoms with van der Waals surface area (Å²) in [5.74, 6) is 0.912. The van der Waals surface area contributed by atoms with Crippen molar-refractivity contribution in [1.29, 1.82) is 0 Å². The highest BCUT2D eigenvalue weighted by Crippen LogP contribution is 2.34. The van der Waals surface area contributed by atoms with Crippen molar-refractivity contribution in [3.05, 3.63) is 77.5 Å². The summed E-state index contributed by atoms with van der Waals surface area (Å²) in [6.45, 7) is 1.04. The summed E-state index contributed by atoms with van der Waals surface area (Å²) in [5.41, 5.74) is 4.96. The van der Waals surface area contributed by atoms with E-state index in [4.69, 9.17) is 9.47 Å². The van der Waals surface area contributed by atoms with Crippen LogP contribution in [0.1, 0.15) is 21.6 Å². The lowest BCUT2D eigenvalue weighted by atomic mass is 9.98. The molecular formula is C27H23F3N2O4. The molecule has 3 aromatic carbocycles. The van der Waals surface area contributed by atoms with Crippen molar-refractivity contribution in [3.63, 3.8) is 0 Å². The van der Waals surface area contributed by atoms with Crippen molar-refractivity contribution in [1.82, 2.24) is 9.88 Å². The predicted molar refractivity (Wildman–Crippen MR) is 128 cm³/mol. The summed E-state index contributed by atoms with van der Waals surface area (Å²) in [4.78, 5) is 18.3. The predicted octanol–water partition coefficient (Wildman–Crippen LogP) is 5.95. The molecule has 0 radical (unpaired) electrons. The largest absolute Gasteiger partial charge is 0.573 e. The molecule has 0 spiro atoms. The topological polar surface area (TPSA) is 63.8 Å². The third-order valence-corrected chi connectivity index (χ3v) is 6.28. The number of hydrogen-bond acceptors (Lipinski definition) is 4. The number of methoxy groups -OCH3 is 2. The summed E-state index contributed by atoms with van der Waals surface area (Å²) >= 11 is 0. The Morgan fingerprint density at radius 1 is 0.889 bits per heavy atom. The molecule has 186 valence electrons. The van der Waals surface area contributed by atoms with Crippen molar-refractivity contribution in [2.75, 3.05) is 20.8 Å². The average molecular weight is 496 g/mol. The first-order chi connectivity index (χ1) is 17.2. The quantitative estimate of drug-likeness (QED) is 0.371. The SMILES string of the molecule is COc1cc2c(cc1OC)CN(C(=O)c1cc3cc(-c4ccc(OC(F)(F)F)cc4)ccc3[nH]1)CC2. The Hall–Kier alpha value is -4.14. The molecule has 1 aromatic heterocycles. The van der Waals surface area contributed by atoms with Crippen molar-refractivity contribution < 1.29 is 32.2 Å². The molecule has 1 N–H and O–H groups in total. The number of nitrogens with one attached hydrogen (secondary N) is 1. The molecule has 6 nitrogen and oxygen atoms in total. The maximum Gasteiger partial charge on any atom is 0.573 e. The minimum Gasteiger partial charge on any atom is -0.493 e. The fourth-order valence-electron chi connectivity index (χ4n) is 4.50. The van der Waals surface area contributed by atoms with Crippen LogP contribution in [0.3, 0.4) is 0 Å². The highest BCUT2D eigenvalue weighted by Gasteiger charge is 2.31. The van der Waals surface area contributed by atoms with E-state index in [1.54, 1.807) is 37.3 Å². The molecule has 0 atom stereocenters. The van der Waals surface area contributed by atoms with E-state index in [1.807, 2.05) is 30.3 Å². The number of benzene rings is 3. The number of hydrogen-bond donors (Lipinski definition) is 1. The standard InChI is InChI=1S/C27H23F3N2O4/c1-34-24-13-18-9-10-32(15-20(18)14-25(24)35-2)26(33)23-12-19-11-17(5-8-22(19)31-23)16-3-6-21(7-4-16)36-27(28,29)30/h3-8,11-14,31H,9-10,15H2,1-2H3. The number of halogens is 3. The summed E-state index contributed by atoms with van der Waals surface area (Å²) < 4.78 is 52.0. The number of aromatic nitrogens is 1. The van der Waals surface area contributed by atoms with Gasteiger partial charge in [-0.2, -0.15) is 0 Å². The van der Waals surface area contributed by atoms with Gasteiger partial charge in [0.1, 0.15) is 11.4 Å². The normalized spacial score (nSPS) is 13.4. The summed E-state index contributed by atoms with van der Waals surface area (Å²) in [5, 5.41) is 0.829. The van der Waals surface area contributed by atoms with Crippen LogP contribution >= 0.6 is 0 Å². The van der Waals surface area contributed by atoms with E-state index < -0.39 is 6.36 Å². The monoisotopic (exact) mass is 496 g/mol. The Bertz CT molecular complexity index is 1430. The van der Waals surface area contributed by atoms with Crippen LogP contribution in [0, 0.1) is 0 Å². The number of carbonyl (C=O) groups is 1. The van der Waals surface area contributed by atoms with Crippen LogP contribution < -0.4 is 14.2 Å². The van der Waals surface area contributed by atoms with Gasteiger partial charge in [-0.1, -0.05) is 18.2 Å². The fraction of sp³-hybridized carbons (Fsp3) is 0.222. The maximum atomic E-state index is 13.3. The van der Waals surface area contributed by atoms with E-state index in [9.17, 15) is 18.0 Å². The van der Waals surface area contributed by atoms with Crippen LogP contribution in [0.4, 0.5) is 13.2 Å². The molecule has 4 aromatic rings. The summed E-state index contributed by atoms with van der Waals surface area (Å²) in [6, 6.07) is 16.9. The van der Waals surface area contributed by atoms with Gasteiger partial charge in [0.15, 0.2) is 11.5 Å². The number of alkyl halides is 3. The van der Waals surface area contributed by atoms with Gasteiger partial charge in [0.2, 0.25) is 0 Å². The minimum atomic E-state index is -4.73. The lowest BCUT2D eigenvalue weighted by Gasteiger charge is -2.29. The van der Waals surface area contributed by atoms with E-state index >= 15 is 0 Å². The number of fused-ring (bicyclic) bond motifs is 2. The number of amides is 1. The van der Waals surface area contributed by atoms with Gasteiger partial charge in [-0.25, -0.2) is 0 Å². The van der Waals surface area contributed by atoms with Gasteiger partial charge in [-0.05, 0) is 71.1 Å². The van der Waals surface area contributed by atoms with Gasteiger partial charge in [-0.15, -0.1) is 13.2 Å². The summed E-state index contributed by atoms with van der Waals surface area (Å²) in [7, 11) is 3.18. The van der Waals surface area contributed by atoms with Gasteiger partial charge >= 0.3 is 6.36 Å². The zero-order valence-electron chi connectivity index (χ0n) is 19.6. The average Bonchev–Trinajstić information content (AvgIpc) is 3.30. The number of aromatic amines is 1. The van der Waals surface area contributed by atoms with Crippen molar-refractivity contribution >= 4 is 16.8 Å². The lowest BCUT2D eigenvalue weighted by Crippen LogP contribution is -2.36. The Morgan fingerprint density at radius 2 is 1.56 bits per heavy atom. The van der Waals surface area contributed by atoms with Gasteiger partial charge in [0.25, 0.3) is 5.91 Å². The minimum absolute atomic E-state index is 0.109. The Kier molecular flexibility index (Phi) is 5.99. The number of ether oxygens (including phenoxy) is 3. The highest BCUT2D eigenvalue weighted by atomic mass is 19.4. The van der Waals surface area contributed by atoms with E-state index in [-0.39, 0.29) is 11.7 Å². The van der Waals surface area contributed by atoms with Crippen LogP contribution in [0.2, 0.25) is 0 Å². The molecule has 9 heteroatoms. The van der Waals surface area contributed by atoms with E-state index in [0.29, 0.717) is 36.7 Å². The number of H-pyrrole nitrogens is 1. The first-order valence-corrected chi connectivity index (χ1v) is 11.3. The second kappa shape index (κ2) is 9.14. The van der Waals surface area contributed by atoms with E-state index in [1.165, 1.54) is 12.1 Å². The smallest absolute Gasteiger partial charge is 0.493 e. The fourth-order valence-corrected chi connectivity index (χ4v) is 4.50. The third kappa shape index (κ3) is 4.68.